The summed E-state index contributed by atoms with van der Waals surface area (Å²) in [5.74, 6) is 0. The first kappa shape index (κ1) is 14.2. The molecule has 2 atom stereocenters. The first-order valence-corrected chi connectivity index (χ1v) is 7.23. The van der Waals surface area contributed by atoms with Crippen molar-refractivity contribution in [3.63, 3.8) is 0 Å². The second kappa shape index (κ2) is 6.20. The van der Waals surface area contributed by atoms with Gasteiger partial charge in [0.05, 0.1) is 5.25 Å². The van der Waals surface area contributed by atoms with Crippen LogP contribution in [0.25, 0.3) is 0 Å². The average molecular weight is 266 g/mol. The van der Waals surface area contributed by atoms with E-state index < -0.39 is 27.6 Å². The zero-order valence-electron chi connectivity index (χ0n) is 9.79. The average Bonchev–Trinajstić information content (AvgIpc) is 2.61. The van der Waals surface area contributed by atoms with E-state index in [0.717, 1.165) is 19.3 Å². The predicted octanol–water partition coefficient (Wildman–Crippen LogP) is 1.75. The van der Waals surface area contributed by atoms with Crippen LogP contribution < -0.4 is 0 Å². The maximum absolute atomic E-state index is 11.2. The minimum Gasteiger partial charge on any atom is -0.430 e. The second-order valence-electron chi connectivity index (χ2n) is 4.17. The zero-order chi connectivity index (χ0) is 12.9. The summed E-state index contributed by atoms with van der Waals surface area (Å²) in [5, 5.41) is -0.881. The number of hydrogen-bond donors (Lipinski definition) is 1. The number of carbonyl (C=O) groups is 1. The second-order valence-corrected chi connectivity index (χ2v) is 5.87. The number of rotatable bonds is 7. The highest BCUT2D eigenvalue weighted by atomic mass is 32.2. The zero-order valence-corrected chi connectivity index (χ0v) is 10.6. The Bertz CT molecular complexity index is 350. The number of unbranched alkanes of at least 4 members (excludes halogenated alkanes) is 2. The van der Waals surface area contributed by atoms with E-state index in [9.17, 15) is 13.2 Å². The maximum atomic E-state index is 11.2. The van der Waals surface area contributed by atoms with Crippen molar-refractivity contribution < 1.29 is 27.2 Å². The van der Waals surface area contributed by atoms with Crippen LogP contribution in [0.1, 0.15) is 39.0 Å². The van der Waals surface area contributed by atoms with Crippen molar-refractivity contribution in [2.45, 2.75) is 50.4 Å². The molecule has 0 radical (unpaired) electrons. The van der Waals surface area contributed by atoms with Crippen molar-refractivity contribution >= 4 is 16.3 Å². The Hall–Kier alpha value is -0.820. The van der Waals surface area contributed by atoms with E-state index in [1.165, 1.54) is 0 Å². The summed E-state index contributed by atoms with van der Waals surface area (Å²) >= 11 is 0. The molecule has 0 aromatic rings. The molecule has 0 aliphatic carbocycles. The molecule has 100 valence electrons. The number of ether oxygens (including phenoxy) is 2. The van der Waals surface area contributed by atoms with Gasteiger partial charge in [-0.2, -0.15) is 8.42 Å². The lowest BCUT2D eigenvalue weighted by atomic mass is 10.1. The number of hydrogen-bond acceptors (Lipinski definition) is 5. The Kier molecular flexibility index (Phi) is 5.20. The van der Waals surface area contributed by atoms with E-state index in [1.54, 1.807) is 0 Å². The van der Waals surface area contributed by atoms with Gasteiger partial charge >= 0.3 is 6.16 Å². The molecule has 1 heterocycles. The minimum atomic E-state index is -4.10. The molecule has 6 nitrogen and oxygen atoms in total. The molecule has 1 rings (SSSR count). The number of cyclic esters (lactones) is 2. The smallest absolute Gasteiger partial charge is 0.430 e. The van der Waals surface area contributed by atoms with Gasteiger partial charge in [0.15, 0.2) is 0 Å². The van der Waals surface area contributed by atoms with Crippen LogP contribution in [-0.4, -0.2) is 37.1 Å². The highest BCUT2D eigenvalue weighted by Crippen LogP contribution is 2.20. The molecule has 0 bridgehead atoms. The largest absolute Gasteiger partial charge is 0.508 e. The molecule has 0 aromatic carbocycles. The van der Waals surface area contributed by atoms with Gasteiger partial charge < -0.3 is 9.47 Å². The lowest BCUT2D eigenvalue weighted by Gasteiger charge is -2.15. The van der Waals surface area contributed by atoms with E-state index in [4.69, 9.17) is 9.29 Å². The van der Waals surface area contributed by atoms with Crippen molar-refractivity contribution in [2.75, 3.05) is 6.61 Å². The molecule has 1 aliphatic rings. The first-order valence-electron chi connectivity index (χ1n) is 5.73. The molecule has 7 heteroatoms. The van der Waals surface area contributed by atoms with Crippen LogP contribution in [0.5, 0.6) is 0 Å². The predicted molar refractivity (Wildman–Crippen MR) is 60.3 cm³/mol. The minimum absolute atomic E-state index is 0.0542. The monoisotopic (exact) mass is 266 g/mol. The molecule has 1 aliphatic heterocycles. The van der Waals surface area contributed by atoms with Crippen molar-refractivity contribution in [2.24, 2.45) is 0 Å². The van der Waals surface area contributed by atoms with Crippen LogP contribution in [0.2, 0.25) is 0 Å². The standard InChI is InChI=1S/C10H18O6S/c1-2-3-4-5-9(17(12,13)14)6-8-7-15-10(11)16-8/h8-9H,2-7H2,1H3,(H,12,13,14). The lowest BCUT2D eigenvalue weighted by Crippen LogP contribution is -2.27. The Morgan fingerprint density at radius 1 is 1.47 bits per heavy atom. The molecule has 1 fully saturated rings. The first-order chi connectivity index (χ1) is 7.93. The molecular weight excluding hydrogens is 248 g/mol. The fraction of sp³-hybridized carbons (Fsp3) is 0.900. The highest BCUT2D eigenvalue weighted by molar-refractivity contribution is 7.86. The van der Waals surface area contributed by atoms with Gasteiger partial charge in [-0.05, 0) is 6.42 Å². The summed E-state index contributed by atoms with van der Waals surface area (Å²) in [4.78, 5) is 10.7. The van der Waals surface area contributed by atoms with Gasteiger partial charge in [-0.3, -0.25) is 4.55 Å². The third-order valence-electron chi connectivity index (χ3n) is 2.73. The van der Waals surface area contributed by atoms with Crippen LogP contribution in [0.4, 0.5) is 4.79 Å². The summed E-state index contributed by atoms with van der Waals surface area (Å²) in [6.07, 6.45) is 1.72. The normalized spacial score (nSPS) is 22.0. The third kappa shape index (κ3) is 4.91. The van der Waals surface area contributed by atoms with E-state index in [2.05, 4.69) is 4.74 Å². The summed E-state index contributed by atoms with van der Waals surface area (Å²) in [6, 6.07) is 0. The van der Waals surface area contributed by atoms with Crippen LogP contribution in [0.3, 0.4) is 0 Å². The van der Waals surface area contributed by atoms with Crippen LogP contribution in [0.15, 0.2) is 0 Å². The van der Waals surface area contributed by atoms with Crippen molar-refractivity contribution in [1.29, 1.82) is 0 Å². The Morgan fingerprint density at radius 2 is 2.18 bits per heavy atom. The Labute approximate surface area is 101 Å². The summed E-state index contributed by atoms with van der Waals surface area (Å²) in [6.45, 7) is 2.06. The Balaban J connectivity index is 2.49. The van der Waals surface area contributed by atoms with Gasteiger partial charge in [0.1, 0.15) is 12.7 Å². The van der Waals surface area contributed by atoms with Gasteiger partial charge in [0, 0.05) is 6.42 Å². The summed E-state index contributed by atoms with van der Waals surface area (Å²) < 4.78 is 40.8. The highest BCUT2D eigenvalue weighted by Gasteiger charge is 2.32. The Morgan fingerprint density at radius 3 is 2.65 bits per heavy atom. The van der Waals surface area contributed by atoms with Crippen LogP contribution in [-0.2, 0) is 19.6 Å². The molecule has 17 heavy (non-hydrogen) atoms. The molecular formula is C10H18O6S. The van der Waals surface area contributed by atoms with Gasteiger partial charge in [-0.15, -0.1) is 0 Å². The molecule has 0 saturated carbocycles. The molecule has 0 spiro atoms. The fourth-order valence-electron chi connectivity index (χ4n) is 1.78. The van der Waals surface area contributed by atoms with E-state index in [-0.39, 0.29) is 13.0 Å². The maximum Gasteiger partial charge on any atom is 0.508 e. The molecule has 1 saturated heterocycles. The van der Waals surface area contributed by atoms with E-state index in [1.807, 2.05) is 6.92 Å². The van der Waals surface area contributed by atoms with Crippen molar-refractivity contribution in [1.82, 2.24) is 0 Å². The molecule has 0 aromatic heterocycles. The van der Waals surface area contributed by atoms with Crippen molar-refractivity contribution in [3.8, 4) is 0 Å². The lowest BCUT2D eigenvalue weighted by molar-refractivity contribution is 0.115. The quantitative estimate of drug-likeness (QED) is 0.429. The number of carbonyl (C=O) groups excluding carboxylic acids is 1. The molecule has 0 amide bonds. The fourth-order valence-corrected chi connectivity index (χ4v) is 2.71. The van der Waals surface area contributed by atoms with Gasteiger partial charge in [-0.25, -0.2) is 4.79 Å². The summed E-state index contributed by atoms with van der Waals surface area (Å²) in [5.41, 5.74) is 0. The van der Waals surface area contributed by atoms with Gasteiger partial charge in [0.25, 0.3) is 10.1 Å². The SMILES string of the molecule is CCCCCC(CC1COC(=O)O1)S(=O)(=O)O. The molecule has 2 unspecified atom stereocenters. The van der Waals surface area contributed by atoms with E-state index in [0.29, 0.717) is 6.42 Å². The molecule has 1 N–H and O–H groups in total. The topological polar surface area (TPSA) is 89.9 Å². The summed E-state index contributed by atoms with van der Waals surface area (Å²) in [7, 11) is -4.10. The van der Waals surface area contributed by atoms with E-state index >= 15 is 0 Å². The van der Waals surface area contributed by atoms with Crippen LogP contribution >= 0.6 is 0 Å². The van der Waals surface area contributed by atoms with Gasteiger partial charge in [0.2, 0.25) is 0 Å². The van der Waals surface area contributed by atoms with Gasteiger partial charge in [-0.1, -0.05) is 26.2 Å². The third-order valence-corrected chi connectivity index (χ3v) is 4.00. The van der Waals surface area contributed by atoms with Crippen LogP contribution in [0, 0.1) is 0 Å². The van der Waals surface area contributed by atoms with Crippen molar-refractivity contribution in [3.05, 3.63) is 0 Å².